The van der Waals surface area contributed by atoms with Crippen molar-refractivity contribution in [2.75, 3.05) is 0 Å². The first kappa shape index (κ1) is 26.2. The van der Waals surface area contributed by atoms with E-state index in [0.29, 0.717) is 5.56 Å². The maximum absolute atomic E-state index is 13.7. The molecule has 3 rings (SSSR count). The third kappa shape index (κ3) is 6.25. The van der Waals surface area contributed by atoms with Crippen molar-refractivity contribution in [3.8, 4) is 0 Å². The molecule has 6 nitrogen and oxygen atoms in total. The Hall–Kier alpha value is -2.07. The molecule has 9 heteroatoms. The smallest absolute Gasteiger partial charge is 0.759 e. The van der Waals surface area contributed by atoms with Crippen LogP contribution < -0.4 is 35.0 Å². The first-order chi connectivity index (χ1) is 14.7. The molecule has 0 saturated heterocycles. The van der Waals surface area contributed by atoms with Crippen LogP contribution in [0, 0.1) is 24.9 Å². The number of hydroxylamine groups is 1. The molecule has 3 aromatic carbocycles. The van der Waals surface area contributed by atoms with Crippen LogP contribution in [0.5, 0.6) is 0 Å². The Morgan fingerprint density at radius 2 is 1.47 bits per heavy atom. The van der Waals surface area contributed by atoms with Gasteiger partial charge in [-0.15, -0.1) is 0 Å². The molecule has 0 bridgehead atoms. The molecule has 0 aliphatic rings. The molecule has 0 spiro atoms. The van der Waals surface area contributed by atoms with Gasteiger partial charge in [-0.25, -0.2) is 12.8 Å². The van der Waals surface area contributed by atoms with Gasteiger partial charge in [0.15, 0.2) is 0 Å². The number of carbonyl (C=O) groups is 1. The molecule has 0 aliphatic heterocycles. The number of rotatable bonds is 7. The summed E-state index contributed by atoms with van der Waals surface area (Å²) in [7, 11) is -3.94. The zero-order chi connectivity index (χ0) is 22.6. The van der Waals surface area contributed by atoms with Gasteiger partial charge in [0.25, 0.3) is 0 Å². The second-order valence-corrected chi connectivity index (χ2v) is 9.24. The molecular weight excluding hydrogens is 442 g/mol. The Bertz CT molecular complexity index is 1180. The van der Waals surface area contributed by atoms with Gasteiger partial charge in [-0.3, -0.25) is 4.79 Å². The standard InChI is InChI=1S/C23H22FN2O4S.Na/c1-16-3-5-18(6-4-16)14-26(15-19-7-9-20(10-8-19)23(27)25-28)31(29,30)21-11-12-22(24)17(2)13-21;/h3-13H,14-15H2,1-2H3,(H-,25,27,28);/q-1;+1. The number of carbonyl (C=O) groups excluding carboxylic acids is 1. The fourth-order valence-corrected chi connectivity index (χ4v) is 4.58. The van der Waals surface area contributed by atoms with Gasteiger partial charge in [0, 0.05) is 18.7 Å². The minimum atomic E-state index is -3.94. The minimum Gasteiger partial charge on any atom is -0.759 e. The quantitative estimate of drug-likeness (QED) is 0.418. The van der Waals surface area contributed by atoms with E-state index in [1.807, 2.05) is 31.2 Å². The molecule has 0 saturated carbocycles. The summed E-state index contributed by atoms with van der Waals surface area (Å²) >= 11 is 0. The second kappa shape index (κ2) is 11.2. The van der Waals surface area contributed by atoms with Gasteiger partial charge in [-0.2, -0.15) is 4.31 Å². The van der Waals surface area contributed by atoms with Crippen molar-refractivity contribution in [3.63, 3.8) is 0 Å². The van der Waals surface area contributed by atoms with E-state index >= 15 is 0 Å². The van der Waals surface area contributed by atoms with E-state index in [1.165, 1.54) is 41.0 Å². The summed E-state index contributed by atoms with van der Waals surface area (Å²) in [5.74, 6) is -1.24. The van der Waals surface area contributed by atoms with Crippen molar-refractivity contribution in [1.82, 2.24) is 9.79 Å². The molecule has 0 fully saturated rings. The van der Waals surface area contributed by atoms with Gasteiger partial charge in [0.05, 0.1) is 4.90 Å². The van der Waals surface area contributed by atoms with Crippen molar-refractivity contribution in [1.29, 1.82) is 0 Å². The van der Waals surface area contributed by atoms with Crippen LogP contribution in [0.15, 0.2) is 71.6 Å². The summed E-state index contributed by atoms with van der Waals surface area (Å²) in [6.07, 6.45) is 0. The Kier molecular flexibility index (Phi) is 9.15. The number of hydrogen-bond donors (Lipinski definition) is 1. The number of benzene rings is 3. The van der Waals surface area contributed by atoms with Crippen LogP contribution in [0.1, 0.15) is 32.6 Å². The average molecular weight is 464 g/mol. The third-order valence-electron chi connectivity index (χ3n) is 4.91. The summed E-state index contributed by atoms with van der Waals surface area (Å²) in [6, 6.07) is 17.3. The molecule has 0 atom stereocenters. The first-order valence-corrected chi connectivity index (χ1v) is 11.0. The van der Waals surface area contributed by atoms with Gasteiger partial charge in [-0.05, 0) is 60.9 Å². The van der Waals surface area contributed by atoms with Crippen molar-refractivity contribution in [2.24, 2.45) is 0 Å². The van der Waals surface area contributed by atoms with Gasteiger partial charge in [0.2, 0.25) is 15.9 Å². The second-order valence-electron chi connectivity index (χ2n) is 7.30. The van der Waals surface area contributed by atoms with E-state index in [1.54, 1.807) is 12.1 Å². The van der Waals surface area contributed by atoms with E-state index in [2.05, 4.69) is 0 Å². The van der Waals surface area contributed by atoms with Crippen LogP contribution in [-0.4, -0.2) is 18.6 Å². The Morgan fingerprint density at radius 1 is 0.938 bits per heavy atom. The number of aryl methyl sites for hydroxylation is 2. The SMILES string of the molecule is Cc1ccc(CN(Cc2ccc(C(=O)N[O-])cc2)S(=O)(=O)c2ccc(F)c(C)c2)cc1.[Na+]. The number of nitrogens with one attached hydrogen (secondary N) is 1. The normalized spacial score (nSPS) is 11.2. The predicted octanol–water partition coefficient (Wildman–Crippen LogP) is 1.07. The van der Waals surface area contributed by atoms with Crippen molar-refractivity contribution >= 4 is 15.9 Å². The zero-order valence-corrected chi connectivity index (χ0v) is 20.9. The molecule has 162 valence electrons. The number of halogens is 1. The fraction of sp³-hybridized carbons (Fsp3) is 0.174. The van der Waals surface area contributed by atoms with E-state index in [4.69, 9.17) is 0 Å². The molecule has 0 aliphatic carbocycles. The molecule has 0 unspecified atom stereocenters. The van der Waals surface area contributed by atoms with Crippen LogP contribution in [-0.2, 0) is 23.1 Å². The number of hydrogen-bond acceptors (Lipinski definition) is 4. The maximum Gasteiger partial charge on any atom is 1.00 e. The third-order valence-corrected chi connectivity index (χ3v) is 6.70. The van der Waals surface area contributed by atoms with Gasteiger partial charge in [0.1, 0.15) is 5.82 Å². The van der Waals surface area contributed by atoms with Crippen LogP contribution in [0.3, 0.4) is 0 Å². The molecule has 1 N–H and O–H groups in total. The van der Waals surface area contributed by atoms with Crippen LogP contribution in [0.4, 0.5) is 4.39 Å². The minimum absolute atomic E-state index is 0. The monoisotopic (exact) mass is 464 g/mol. The van der Waals surface area contributed by atoms with Gasteiger partial charge >= 0.3 is 29.6 Å². The summed E-state index contributed by atoms with van der Waals surface area (Å²) in [5.41, 5.74) is 4.22. The van der Waals surface area contributed by atoms with Crippen molar-refractivity contribution < 1.29 is 47.2 Å². The summed E-state index contributed by atoms with van der Waals surface area (Å²) < 4.78 is 41.8. The number of sulfonamides is 1. The number of amides is 1. The molecular formula is C23H22FN2NaO4S. The van der Waals surface area contributed by atoms with Crippen LogP contribution in [0.2, 0.25) is 0 Å². The summed E-state index contributed by atoms with van der Waals surface area (Å²) in [6.45, 7) is 3.60. The zero-order valence-electron chi connectivity index (χ0n) is 18.1. The van der Waals surface area contributed by atoms with Crippen molar-refractivity contribution in [3.05, 3.63) is 106 Å². The van der Waals surface area contributed by atoms with E-state index < -0.39 is 21.7 Å². The molecule has 0 aromatic heterocycles. The van der Waals surface area contributed by atoms with Crippen molar-refractivity contribution in [2.45, 2.75) is 31.8 Å². The maximum atomic E-state index is 13.7. The Morgan fingerprint density at radius 3 is 1.97 bits per heavy atom. The molecule has 32 heavy (non-hydrogen) atoms. The van der Waals surface area contributed by atoms with E-state index in [-0.39, 0.29) is 58.7 Å². The first-order valence-electron chi connectivity index (χ1n) is 9.54. The topological polar surface area (TPSA) is 89.5 Å². The van der Waals surface area contributed by atoms with E-state index in [0.717, 1.165) is 17.2 Å². The molecule has 0 radical (unpaired) electrons. The van der Waals surface area contributed by atoms with E-state index in [9.17, 15) is 22.8 Å². The molecule has 3 aromatic rings. The number of nitrogens with zero attached hydrogens (tertiary/aromatic N) is 1. The molecule has 1 amide bonds. The summed E-state index contributed by atoms with van der Waals surface area (Å²) in [4.78, 5) is 11.5. The fourth-order valence-electron chi connectivity index (χ4n) is 3.07. The van der Waals surface area contributed by atoms with Crippen LogP contribution in [0.25, 0.3) is 0 Å². The van der Waals surface area contributed by atoms with Gasteiger partial charge < -0.3 is 10.7 Å². The van der Waals surface area contributed by atoms with Crippen LogP contribution >= 0.6 is 0 Å². The largest absolute Gasteiger partial charge is 1.00 e. The Balaban J connectivity index is 0.00000363. The summed E-state index contributed by atoms with van der Waals surface area (Å²) in [5, 5.41) is 10.5. The van der Waals surface area contributed by atoms with Gasteiger partial charge in [-0.1, -0.05) is 42.0 Å². The predicted molar refractivity (Wildman–Crippen MR) is 116 cm³/mol. The average Bonchev–Trinajstić information content (AvgIpc) is 2.76. The Labute approximate surface area is 209 Å². The molecule has 0 heterocycles.